The highest BCUT2D eigenvalue weighted by Crippen LogP contribution is 2.05. The summed E-state index contributed by atoms with van der Waals surface area (Å²) in [4.78, 5) is 14.9. The first-order valence-electron chi connectivity index (χ1n) is 6.02. The number of unbranched alkanes of at least 4 members (excludes halogenated alkanes) is 5. The summed E-state index contributed by atoms with van der Waals surface area (Å²) in [7, 11) is 5.45. The Balaban J connectivity index is 3.39. The Labute approximate surface area is 94.4 Å². The zero-order valence-electron chi connectivity index (χ0n) is 10.8. The van der Waals surface area contributed by atoms with Crippen molar-refractivity contribution in [2.75, 3.05) is 27.7 Å². The summed E-state index contributed by atoms with van der Waals surface area (Å²) in [6, 6.07) is 0.101. The molecule has 90 valence electrons. The van der Waals surface area contributed by atoms with Gasteiger partial charge in [0.2, 0.25) is 0 Å². The van der Waals surface area contributed by atoms with E-state index in [1.165, 1.54) is 32.1 Å². The van der Waals surface area contributed by atoms with E-state index in [9.17, 15) is 4.79 Å². The van der Waals surface area contributed by atoms with Gasteiger partial charge in [-0.15, -0.1) is 0 Å². The lowest BCUT2D eigenvalue weighted by Crippen LogP contribution is -2.36. The van der Waals surface area contributed by atoms with E-state index >= 15 is 0 Å². The van der Waals surface area contributed by atoms with Crippen LogP contribution in [0.4, 0.5) is 4.79 Å². The van der Waals surface area contributed by atoms with Gasteiger partial charge in [-0.25, -0.2) is 4.79 Å². The average molecular weight is 214 g/mol. The molecule has 0 heterocycles. The van der Waals surface area contributed by atoms with Crippen LogP contribution in [0.1, 0.15) is 45.4 Å². The predicted molar refractivity (Wildman–Crippen MR) is 65.1 cm³/mol. The topological polar surface area (TPSA) is 23.6 Å². The molecule has 0 bridgehead atoms. The van der Waals surface area contributed by atoms with E-state index in [1.54, 1.807) is 23.9 Å². The fraction of sp³-hybridized carbons (Fsp3) is 0.917. The van der Waals surface area contributed by atoms with Gasteiger partial charge >= 0.3 is 6.03 Å². The first kappa shape index (κ1) is 14.3. The maximum atomic E-state index is 11.5. The summed E-state index contributed by atoms with van der Waals surface area (Å²) in [5, 5.41) is 0. The van der Waals surface area contributed by atoms with Crippen LogP contribution in [0.3, 0.4) is 0 Å². The fourth-order valence-corrected chi connectivity index (χ4v) is 1.57. The molecule has 0 aliphatic heterocycles. The van der Waals surface area contributed by atoms with Crippen molar-refractivity contribution in [1.82, 2.24) is 9.80 Å². The van der Waals surface area contributed by atoms with E-state index in [4.69, 9.17) is 0 Å². The molecule has 2 amide bonds. The minimum absolute atomic E-state index is 0.101. The number of hydrogen-bond acceptors (Lipinski definition) is 1. The molecule has 0 aromatic carbocycles. The molecule has 0 aliphatic rings. The zero-order valence-corrected chi connectivity index (χ0v) is 10.8. The van der Waals surface area contributed by atoms with E-state index in [1.807, 2.05) is 7.05 Å². The third-order valence-electron chi connectivity index (χ3n) is 2.56. The molecular formula is C12H26N2O. The molecule has 15 heavy (non-hydrogen) atoms. The molecule has 0 saturated carbocycles. The standard InChI is InChI=1S/C12H26N2O/c1-5-6-7-8-9-10-11-14(4)12(15)13(2)3/h5-11H2,1-4H3. The summed E-state index contributed by atoms with van der Waals surface area (Å²) in [6.45, 7) is 3.10. The molecule has 0 fully saturated rings. The first-order chi connectivity index (χ1) is 7.09. The Kier molecular flexibility index (Phi) is 8.15. The fourth-order valence-electron chi connectivity index (χ4n) is 1.57. The zero-order chi connectivity index (χ0) is 11.7. The second kappa shape index (κ2) is 8.57. The molecule has 0 aromatic rings. The van der Waals surface area contributed by atoms with Gasteiger partial charge in [0.1, 0.15) is 0 Å². The second-order valence-electron chi connectivity index (χ2n) is 4.37. The van der Waals surface area contributed by atoms with Crippen molar-refractivity contribution in [1.29, 1.82) is 0 Å². The van der Waals surface area contributed by atoms with Crippen LogP contribution in [0.2, 0.25) is 0 Å². The summed E-state index contributed by atoms with van der Waals surface area (Å²) in [6.07, 6.45) is 7.63. The van der Waals surface area contributed by atoms with Gasteiger partial charge in [-0.05, 0) is 6.42 Å². The maximum Gasteiger partial charge on any atom is 0.319 e. The highest BCUT2D eigenvalue weighted by molar-refractivity contribution is 5.73. The third-order valence-corrected chi connectivity index (χ3v) is 2.56. The van der Waals surface area contributed by atoms with Crippen LogP contribution in [0, 0.1) is 0 Å². The van der Waals surface area contributed by atoms with E-state index in [2.05, 4.69) is 6.92 Å². The van der Waals surface area contributed by atoms with Crippen LogP contribution < -0.4 is 0 Å². The molecule has 3 heteroatoms. The van der Waals surface area contributed by atoms with Crippen molar-refractivity contribution in [3.05, 3.63) is 0 Å². The molecular weight excluding hydrogens is 188 g/mol. The molecule has 3 nitrogen and oxygen atoms in total. The Morgan fingerprint density at radius 2 is 1.47 bits per heavy atom. The number of rotatable bonds is 7. The highest BCUT2D eigenvalue weighted by Gasteiger charge is 2.08. The average Bonchev–Trinajstić information content (AvgIpc) is 2.21. The van der Waals surface area contributed by atoms with Crippen molar-refractivity contribution in [3.63, 3.8) is 0 Å². The summed E-state index contributed by atoms with van der Waals surface area (Å²) in [5.74, 6) is 0. The van der Waals surface area contributed by atoms with Gasteiger partial charge in [-0.2, -0.15) is 0 Å². The van der Waals surface area contributed by atoms with Crippen molar-refractivity contribution in [2.24, 2.45) is 0 Å². The molecule has 0 saturated heterocycles. The van der Waals surface area contributed by atoms with E-state index in [-0.39, 0.29) is 6.03 Å². The van der Waals surface area contributed by atoms with Gasteiger partial charge in [-0.1, -0.05) is 39.0 Å². The number of carbonyl (C=O) groups excluding carboxylic acids is 1. The Bertz CT molecular complexity index is 169. The lowest BCUT2D eigenvalue weighted by Gasteiger charge is -2.21. The Hall–Kier alpha value is -0.730. The molecule has 0 unspecified atom stereocenters. The van der Waals surface area contributed by atoms with E-state index < -0.39 is 0 Å². The van der Waals surface area contributed by atoms with Crippen LogP contribution >= 0.6 is 0 Å². The molecule has 0 atom stereocenters. The van der Waals surface area contributed by atoms with Crippen molar-refractivity contribution in [2.45, 2.75) is 45.4 Å². The highest BCUT2D eigenvalue weighted by atomic mass is 16.2. The quantitative estimate of drug-likeness (QED) is 0.598. The van der Waals surface area contributed by atoms with Crippen molar-refractivity contribution >= 4 is 6.03 Å². The minimum atomic E-state index is 0.101. The van der Waals surface area contributed by atoms with Gasteiger partial charge in [-0.3, -0.25) is 0 Å². The summed E-state index contributed by atoms with van der Waals surface area (Å²) >= 11 is 0. The van der Waals surface area contributed by atoms with Crippen LogP contribution in [0.5, 0.6) is 0 Å². The molecule has 0 spiro atoms. The van der Waals surface area contributed by atoms with Gasteiger partial charge in [0, 0.05) is 27.7 Å². The minimum Gasteiger partial charge on any atom is -0.331 e. The Morgan fingerprint density at radius 3 is 2.00 bits per heavy atom. The normalized spacial score (nSPS) is 10.1. The summed E-state index contributed by atoms with van der Waals surface area (Å²) in [5.41, 5.74) is 0. The molecule has 0 aliphatic carbocycles. The molecule has 0 N–H and O–H groups in total. The van der Waals surface area contributed by atoms with Gasteiger partial charge in [0.05, 0.1) is 0 Å². The van der Waals surface area contributed by atoms with Gasteiger partial charge < -0.3 is 9.80 Å². The van der Waals surface area contributed by atoms with Crippen molar-refractivity contribution in [3.8, 4) is 0 Å². The molecule has 0 radical (unpaired) electrons. The molecule has 0 aromatic heterocycles. The smallest absolute Gasteiger partial charge is 0.319 e. The Morgan fingerprint density at radius 1 is 0.933 bits per heavy atom. The number of urea groups is 1. The van der Waals surface area contributed by atoms with Crippen molar-refractivity contribution < 1.29 is 4.79 Å². The number of carbonyl (C=O) groups is 1. The monoisotopic (exact) mass is 214 g/mol. The first-order valence-corrected chi connectivity index (χ1v) is 6.02. The number of hydrogen-bond donors (Lipinski definition) is 0. The maximum absolute atomic E-state index is 11.5. The lowest BCUT2D eigenvalue weighted by molar-refractivity contribution is 0.181. The van der Waals surface area contributed by atoms with E-state index in [0.29, 0.717) is 0 Å². The van der Waals surface area contributed by atoms with E-state index in [0.717, 1.165) is 13.0 Å². The summed E-state index contributed by atoms with van der Waals surface area (Å²) < 4.78 is 0. The van der Waals surface area contributed by atoms with Crippen LogP contribution in [-0.4, -0.2) is 43.5 Å². The number of nitrogens with zero attached hydrogens (tertiary/aromatic N) is 2. The third kappa shape index (κ3) is 7.23. The van der Waals surface area contributed by atoms with Gasteiger partial charge in [0.25, 0.3) is 0 Å². The molecule has 0 rings (SSSR count). The largest absolute Gasteiger partial charge is 0.331 e. The second-order valence-corrected chi connectivity index (χ2v) is 4.37. The number of amides is 2. The van der Waals surface area contributed by atoms with Crippen LogP contribution in [0.25, 0.3) is 0 Å². The lowest BCUT2D eigenvalue weighted by atomic mass is 10.1. The SMILES string of the molecule is CCCCCCCCN(C)C(=O)N(C)C. The van der Waals surface area contributed by atoms with Gasteiger partial charge in [0.15, 0.2) is 0 Å². The van der Waals surface area contributed by atoms with Crippen LogP contribution in [0.15, 0.2) is 0 Å². The van der Waals surface area contributed by atoms with Crippen LogP contribution in [-0.2, 0) is 0 Å². The predicted octanol–water partition coefficient (Wildman–Crippen LogP) is 2.96.